The molecule has 3 N–H and O–H groups in total. The molecule has 5 atom stereocenters. The third kappa shape index (κ3) is 6.92. The minimum atomic E-state index is -2.16. The number of nitrogens with one attached hydrogen (secondary N) is 1. The van der Waals surface area contributed by atoms with Crippen LogP contribution in [0.15, 0.2) is 66.7 Å². The number of ether oxygens (including phenoxy) is 6. The van der Waals surface area contributed by atoms with Gasteiger partial charge in [0.1, 0.15) is 35.7 Å². The summed E-state index contributed by atoms with van der Waals surface area (Å²) >= 11 is 0. The molecule has 50 heavy (non-hydrogen) atoms. The van der Waals surface area contributed by atoms with Crippen LogP contribution in [0.4, 0.5) is 4.79 Å². The van der Waals surface area contributed by atoms with Crippen molar-refractivity contribution in [3.05, 3.63) is 83.4 Å². The molecule has 5 rings (SSSR count). The highest BCUT2D eigenvalue weighted by Crippen LogP contribution is 2.70. The molecule has 0 radical (unpaired) electrons. The van der Waals surface area contributed by atoms with Crippen LogP contribution in [-0.2, 0) is 25.5 Å². The smallest absolute Gasteiger partial charge is 0.407 e. The van der Waals surface area contributed by atoms with Crippen molar-refractivity contribution < 1.29 is 48.2 Å². The number of alkyl carbamates (subject to hydrolysis) is 1. The molecule has 0 unspecified atom stereocenters. The maximum absolute atomic E-state index is 13.5. The Morgan fingerprint density at radius 1 is 0.980 bits per heavy atom. The summed E-state index contributed by atoms with van der Waals surface area (Å²) in [5, 5.41) is 27.8. The fraction of sp³-hybridized carbons (Fsp3) is 0.459. The van der Waals surface area contributed by atoms with Crippen molar-refractivity contribution >= 4 is 33.7 Å². The molecule has 270 valence electrons. The highest BCUT2D eigenvalue weighted by molar-refractivity contribution is 8.76. The maximum atomic E-state index is 13.5. The fourth-order valence-electron chi connectivity index (χ4n) is 7.01. The average molecular weight is 728 g/mol. The summed E-state index contributed by atoms with van der Waals surface area (Å²) in [6.45, 7) is 5.09. The first-order chi connectivity index (χ1) is 24.0. The molecule has 1 amide bonds. The first kappa shape index (κ1) is 37.5. The number of hydrogen-bond acceptors (Lipinski definition) is 12. The molecule has 0 spiro atoms. The van der Waals surface area contributed by atoms with E-state index in [0.29, 0.717) is 55.2 Å². The summed E-state index contributed by atoms with van der Waals surface area (Å²) in [6.07, 6.45) is 1.15. The van der Waals surface area contributed by atoms with Gasteiger partial charge in [0.25, 0.3) is 0 Å². The number of unbranched alkanes of at least 4 members (excludes halogenated alkanes) is 1. The van der Waals surface area contributed by atoms with Gasteiger partial charge in [0.15, 0.2) is 11.2 Å². The molecular formula is C37H45NO10S2. The Labute approximate surface area is 300 Å². The molecule has 1 saturated carbocycles. The van der Waals surface area contributed by atoms with Gasteiger partial charge in [-0.3, -0.25) is 4.79 Å². The number of esters is 1. The monoisotopic (exact) mass is 727 g/mol. The molecule has 1 heterocycles. The van der Waals surface area contributed by atoms with Gasteiger partial charge in [0, 0.05) is 24.6 Å². The summed E-state index contributed by atoms with van der Waals surface area (Å²) in [4.78, 5) is 25.6. The minimum Gasteiger partial charge on any atom is -0.497 e. The van der Waals surface area contributed by atoms with Crippen LogP contribution in [-0.4, -0.2) is 80.5 Å². The summed E-state index contributed by atoms with van der Waals surface area (Å²) in [7, 11) is 7.54. The molecule has 0 aromatic heterocycles. The average Bonchev–Trinajstić information content (AvgIpc) is 3.50. The van der Waals surface area contributed by atoms with Crippen LogP contribution >= 0.6 is 21.6 Å². The van der Waals surface area contributed by atoms with Gasteiger partial charge in [-0.15, -0.1) is 0 Å². The van der Waals surface area contributed by atoms with Gasteiger partial charge < -0.3 is 44.0 Å². The number of benzene rings is 3. The molecule has 1 aliphatic carbocycles. The zero-order valence-corrected chi connectivity index (χ0v) is 30.7. The van der Waals surface area contributed by atoms with E-state index in [2.05, 4.69) is 5.32 Å². The van der Waals surface area contributed by atoms with Crippen LogP contribution in [0.25, 0.3) is 0 Å². The molecular weight excluding hydrogens is 683 g/mol. The van der Waals surface area contributed by atoms with Crippen LogP contribution in [0, 0.1) is 5.92 Å². The highest BCUT2D eigenvalue weighted by Gasteiger charge is 2.78. The second-order valence-corrected chi connectivity index (χ2v) is 15.9. The Balaban J connectivity index is 1.41. The third-order valence-corrected chi connectivity index (χ3v) is 11.8. The van der Waals surface area contributed by atoms with Crippen molar-refractivity contribution in [3.63, 3.8) is 0 Å². The quantitative estimate of drug-likeness (QED) is 0.0990. The summed E-state index contributed by atoms with van der Waals surface area (Å²) < 4.78 is 34.5. The van der Waals surface area contributed by atoms with Gasteiger partial charge in [-0.25, -0.2) is 4.79 Å². The van der Waals surface area contributed by atoms with E-state index in [-0.39, 0.29) is 21.8 Å². The largest absolute Gasteiger partial charge is 0.497 e. The molecule has 2 aliphatic rings. The lowest BCUT2D eigenvalue weighted by atomic mass is 9.70. The van der Waals surface area contributed by atoms with Crippen molar-refractivity contribution in [3.8, 4) is 23.0 Å². The summed E-state index contributed by atoms with van der Waals surface area (Å²) in [6, 6.07) is 19.5. The van der Waals surface area contributed by atoms with E-state index < -0.39 is 41.2 Å². The topological polar surface area (TPSA) is 142 Å². The minimum absolute atomic E-state index is 0.183. The van der Waals surface area contributed by atoms with Gasteiger partial charge in [-0.2, -0.15) is 0 Å². The predicted octanol–water partition coefficient (Wildman–Crippen LogP) is 5.80. The van der Waals surface area contributed by atoms with Gasteiger partial charge in [0.05, 0.1) is 44.2 Å². The van der Waals surface area contributed by atoms with Crippen LogP contribution in [0.2, 0.25) is 0 Å². The molecule has 1 aliphatic heterocycles. The van der Waals surface area contributed by atoms with E-state index in [9.17, 15) is 19.8 Å². The molecule has 0 bridgehead atoms. The normalized spacial score (nSPS) is 23.6. The standard InChI is InChI=1S/C37H45NO10S2/c1-35(2,50-49-6)22-47-34(41)38-18-10-11-19-46-26-20-27(44-4)31-28(21-26)48-37(24-14-16-25(43-3)17-15-24)30(23-12-8-7-9-13-23)29(33(40)45-5)32(39)36(31,37)42/h7-9,12-17,20-21,29-30,32,39,42H,10-11,18-19,22H2,1-6H3,(H,38,41)/t29-,30-,32-,36+,37+/m1/s1. The second kappa shape index (κ2) is 15.6. The molecule has 0 saturated heterocycles. The maximum Gasteiger partial charge on any atom is 0.407 e. The van der Waals surface area contributed by atoms with Crippen molar-refractivity contribution in [2.24, 2.45) is 5.92 Å². The van der Waals surface area contributed by atoms with E-state index in [4.69, 9.17) is 28.4 Å². The van der Waals surface area contributed by atoms with E-state index >= 15 is 0 Å². The predicted molar refractivity (Wildman–Crippen MR) is 192 cm³/mol. The lowest BCUT2D eigenvalue weighted by Gasteiger charge is -2.40. The summed E-state index contributed by atoms with van der Waals surface area (Å²) in [5.74, 6) is -1.31. The number of carbonyl (C=O) groups is 2. The Bertz CT molecular complexity index is 1640. The van der Waals surface area contributed by atoms with Crippen LogP contribution in [0.1, 0.15) is 49.3 Å². The Kier molecular flexibility index (Phi) is 11.7. The molecule has 13 heteroatoms. The lowest BCUT2D eigenvalue weighted by molar-refractivity contribution is -0.161. The molecule has 1 fully saturated rings. The van der Waals surface area contributed by atoms with Crippen LogP contribution < -0.4 is 24.3 Å². The number of aliphatic hydroxyl groups is 2. The molecule has 3 aromatic rings. The Hall–Kier alpha value is -3.78. The Morgan fingerprint density at radius 3 is 2.34 bits per heavy atom. The zero-order chi connectivity index (χ0) is 36.1. The number of fused-ring (bicyclic) bond motifs is 3. The third-order valence-electron chi connectivity index (χ3n) is 9.16. The lowest BCUT2D eigenvalue weighted by Crippen LogP contribution is -2.52. The van der Waals surface area contributed by atoms with E-state index in [0.717, 1.165) is 0 Å². The first-order valence-electron chi connectivity index (χ1n) is 16.3. The molecule has 3 aromatic carbocycles. The number of amides is 1. The van der Waals surface area contributed by atoms with E-state index in [1.807, 2.05) is 50.4 Å². The van der Waals surface area contributed by atoms with Crippen molar-refractivity contribution in [2.45, 2.75) is 54.7 Å². The van der Waals surface area contributed by atoms with Gasteiger partial charge in [-0.1, -0.05) is 64.1 Å². The van der Waals surface area contributed by atoms with Crippen LogP contribution in [0.5, 0.6) is 23.0 Å². The van der Waals surface area contributed by atoms with Gasteiger partial charge in [0.2, 0.25) is 0 Å². The number of carbonyl (C=O) groups excluding carboxylic acids is 2. The second-order valence-electron chi connectivity index (χ2n) is 12.8. The fourth-order valence-corrected chi connectivity index (χ4v) is 9.07. The Morgan fingerprint density at radius 2 is 1.70 bits per heavy atom. The number of rotatable bonds is 15. The highest BCUT2D eigenvalue weighted by atomic mass is 33.1. The van der Waals surface area contributed by atoms with Gasteiger partial charge >= 0.3 is 12.1 Å². The number of hydrogen-bond donors (Lipinski definition) is 3. The van der Waals surface area contributed by atoms with E-state index in [1.54, 1.807) is 65.1 Å². The van der Waals surface area contributed by atoms with E-state index in [1.165, 1.54) is 14.2 Å². The van der Waals surface area contributed by atoms with Gasteiger partial charge in [-0.05, 0) is 56.2 Å². The number of methoxy groups -OCH3 is 3. The number of aliphatic hydroxyl groups excluding tert-OH is 1. The molecule has 11 nitrogen and oxygen atoms in total. The SMILES string of the molecule is COC(=O)[C@H]1[C@@H](O)[C@@]2(O)c3c(OC)cc(OCCCCNC(=O)OCC(C)(C)SSC)cc3O[C@@]2(c2ccc(OC)cc2)[C@@H]1c1ccccc1. The summed E-state index contributed by atoms with van der Waals surface area (Å²) in [5.41, 5.74) is -2.49. The first-order valence-corrected chi connectivity index (χ1v) is 18.9. The van der Waals surface area contributed by atoms with Crippen molar-refractivity contribution in [1.82, 2.24) is 5.32 Å². The van der Waals surface area contributed by atoms with Crippen LogP contribution in [0.3, 0.4) is 0 Å². The van der Waals surface area contributed by atoms with Crippen molar-refractivity contribution in [1.29, 1.82) is 0 Å². The van der Waals surface area contributed by atoms with Crippen molar-refractivity contribution in [2.75, 3.05) is 47.3 Å². The zero-order valence-electron chi connectivity index (χ0n) is 29.1.